The number of allylic oxidation sites excluding steroid dienone is 1. The third kappa shape index (κ3) is 5.45. The summed E-state index contributed by atoms with van der Waals surface area (Å²) in [4.78, 5) is 11.7. The number of hydrogen-bond acceptors (Lipinski definition) is 2. The molecular weight excluding hydrogens is 252 g/mol. The molecule has 0 unspecified atom stereocenters. The van der Waals surface area contributed by atoms with Crippen LogP contribution in [0.5, 0.6) is 0 Å². The van der Waals surface area contributed by atoms with Crippen LogP contribution in [0.4, 0.5) is 4.79 Å². The molecule has 1 rings (SSSR count). The van der Waals surface area contributed by atoms with Gasteiger partial charge in [0.05, 0.1) is 6.61 Å². The monoisotopic (exact) mass is 276 g/mol. The number of urea groups is 1. The van der Waals surface area contributed by atoms with Crippen molar-refractivity contribution in [3.8, 4) is 0 Å². The first-order valence-corrected chi connectivity index (χ1v) is 6.73. The summed E-state index contributed by atoms with van der Waals surface area (Å²) in [5, 5.41) is 14.5. The predicted molar refractivity (Wildman–Crippen MR) is 80.9 cm³/mol. The van der Waals surface area contributed by atoms with Gasteiger partial charge in [0.1, 0.15) is 0 Å². The Kier molecular flexibility index (Phi) is 5.77. The summed E-state index contributed by atoms with van der Waals surface area (Å²) < 4.78 is 0. The lowest BCUT2D eigenvalue weighted by Crippen LogP contribution is -2.32. The van der Waals surface area contributed by atoms with Crippen LogP contribution in [-0.4, -0.2) is 11.1 Å². The van der Waals surface area contributed by atoms with Crippen molar-refractivity contribution in [1.82, 2.24) is 10.6 Å². The maximum atomic E-state index is 11.7. The molecule has 0 radical (unpaired) electrons. The van der Waals surface area contributed by atoms with Gasteiger partial charge in [-0.25, -0.2) is 4.79 Å². The number of aliphatic hydroxyl groups is 1. The van der Waals surface area contributed by atoms with Gasteiger partial charge in [-0.3, -0.25) is 0 Å². The van der Waals surface area contributed by atoms with Crippen LogP contribution in [0.2, 0.25) is 0 Å². The molecule has 2 amide bonds. The van der Waals surface area contributed by atoms with Crippen molar-refractivity contribution < 1.29 is 9.90 Å². The van der Waals surface area contributed by atoms with E-state index in [9.17, 15) is 4.79 Å². The van der Waals surface area contributed by atoms with Crippen molar-refractivity contribution in [2.75, 3.05) is 0 Å². The standard InChI is InChI=1S/C16H24N2O2/c1-12(16(2,3)4)9-17-15(20)18-10-13-5-7-14(11-19)8-6-13/h5-9,19H,10-11H2,1-4H3,(H2,17,18,20)/b12-9+. The number of carbonyl (C=O) groups is 1. The molecular formula is C16H24N2O2. The second kappa shape index (κ2) is 7.10. The first kappa shape index (κ1) is 16.2. The molecule has 4 nitrogen and oxygen atoms in total. The molecule has 0 heterocycles. The highest BCUT2D eigenvalue weighted by atomic mass is 16.3. The molecule has 0 aliphatic carbocycles. The lowest BCUT2D eigenvalue weighted by Gasteiger charge is -2.19. The van der Waals surface area contributed by atoms with E-state index in [4.69, 9.17) is 5.11 Å². The smallest absolute Gasteiger partial charge is 0.319 e. The Balaban J connectivity index is 2.43. The molecule has 110 valence electrons. The largest absolute Gasteiger partial charge is 0.392 e. The fourth-order valence-corrected chi connectivity index (χ4v) is 1.39. The molecule has 0 saturated carbocycles. The number of rotatable bonds is 4. The van der Waals surface area contributed by atoms with E-state index >= 15 is 0 Å². The molecule has 0 atom stereocenters. The number of amides is 2. The first-order chi connectivity index (χ1) is 9.32. The second-order valence-electron chi connectivity index (χ2n) is 5.88. The Morgan fingerprint density at radius 1 is 1.20 bits per heavy atom. The summed E-state index contributed by atoms with van der Waals surface area (Å²) in [6, 6.07) is 7.25. The quantitative estimate of drug-likeness (QED) is 0.792. The Bertz CT molecular complexity index is 470. The van der Waals surface area contributed by atoms with Gasteiger partial charge >= 0.3 is 6.03 Å². The van der Waals surface area contributed by atoms with Crippen LogP contribution in [0.3, 0.4) is 0 Å². The van der Waals surface area contributed by atoms with E-state index in [2.05, 4.69) is 31.4 Å². The Morgan fingerprint density at radius 3 is 2.25 bits per heavy atom. The van der Waals surface area contributed by atoms with Crippen molar-refractivity contribution in [3.05, 3.63) is 47.2 Å². The zero-order chi connectivity index (χ0) is 15.2. The van der Waals surface area contributed by atoms with Gasteiger partial charge < -0.3 is 15.7 Å². The molecule has 0 aliphatic heterocycles. The van der Waals surface area contributed by atoms with Gasteiger partial charge in [0.2, 0.25) is 0 Å². The third-order valence-corrected chi connectivity index (χ3v) is 3.26. The first-order valence-electron chi connectivity index (χ1n) is 6.73. The van der Waals surface area contributed by atoms with Gasteiger partial charge in [0.15, 0.2) is 0 Å². The number of carbonyl (C=O) groups excluding carboxylic acids is 1. The summed E-state index contributed by atoms with van der Waals surface area (Å²) in [6.07, 6.45) is 1.74. The fraction of sp³-hybridized carbons (Fsp3) is 0.438. The lowest BCUT2D eigenvalue weighted by atomic mass is 9.88. The second-order valence-corrected chi connectivity index (χ2v) is 5.88. The van der Waals surface area contributed by atoms with Crippen LogP contribution in [-0.2, 0) is 13.2 Å². The Hall–Kier alpha value is -1.81. The SMILES string of the molecule is C/C(=C\NC(=O)NCc1ccc(CO)cc1)C(C)(C)C. The maximum Gasteiger partial charge on any atom is 0.319 e. The van der Waals surface area contributed by atoms with Gasteiger partial charge in [-0.05, 0) is 23.5 Å². The molecule has 0 fully saturated rings. The Morgan fingerprint density at radius 2 is 1.75 bits per heavy atom. The van der Waals surface area contributed by atoms with E-state index in [1.165, 1.54) is 0 Å². The summed E-state index contributed by atoms with van der Waals surface area (Å²) in [7, 11) is 0. The topological polar surface area (TPSA) is 61.4 Å². The summed E-state index contributed by atoms with van der Waals surface area (Å²) in [5.74, 6) is 0. The van der Waals surface area contributed by atoms with Gasteiger partial charge in [0, 0.05) is 12.7 Å². The molecule has 3 N–H and O–H groups in total. The van der Waals surface area contributed by atoms with Crippen molar-refractivity contribution in [2.24, 2.45) is 5.41 Å². The molecule has 0 aliphatic rings. The maximum absolute atomic E-state index is 11.7. The molecule has 1 aromatic rings. The van der Waals surface area contributed by atoms with Gasteiger partial charge in [0.25, 0.3) is 0 Å². The molecule has 0 bridgehead atoms. The number of nitrogens with one attached hydrogen (secondary N) is 2. The highest BCUT2D eigenvalue weighted by Crippen LogP contribution is 2.23. The van der Waals surface area contributed by atoms with E-state index in [0.717, 1.165) is 16.7 Å². The normalized spacial score (nSPS) is 12.2. The molecule has 4 heteroatoms. The summed E-state index contributed by atoms with van der Waals surface area (Å²) >= 11 is 0. The van der Waals surface area contributed by atoms with E-state index in [0.29, 0.717) is 6.54 Å². The van der Waals surface area contributed by atoms with Gasteiger partial charge in [-0.2, -0.15) is 0 Å². The summed E-state index contributed by atoms with van der Waals surface area (Å²) in [5.41, 5.74) is 3.02. The van der Waals surface area contributed by atoms with E-state index < -0.39 is 0 Å². The lowest BCUT2D eigenvalue weighted by molar-refractivity contribution is 0.243. The molecule has 20 heavy (non-hydrogen) atoms. The highest BCUT2D eigenvalue weighted by Gasteiger charge is 2.12. The summed E-state index contributed by atoms with van der Waals surface area (Å²) in [6.45, 7) is 8.78. The molecule has 1 aromatic carbocycles. The number of hydrogen-bond donors (Lipinski definition) is 3. The third-order valence-electron chi connectivity index (χ3n) is 3.26. The number of aliphatic hydroxyl groups excluding tert-OH is 1. The van der Waals surface area contributed by atoms with Crippen molar-refractivity contribution in [3.63, 3.8) is 0 Å². The van der Waals surface area contributed by atoms with Crippen molar-refractivity contribution in [2.45, 2.75) is 40.8 Å². The predicted octanol–water partition coefficient (Wildman–Crippen LogP) is 2.93. The van der Waals surface area contributed by atoms with Gasteiger partial charge in [-0.15, -0.1) is 0 Å². The van der Waals surface area contributed by atoms with Crippen LogP contribution in [0.25, 0.3) is 0 Å². The fourth-order valence-electron chi connectivity index (χ4n) is 1.39. The average molecular weight is 276 g/mol. The zero-order valence-electron chi connectivity index (χ0n) is 12.7. The molecule has 0 saturated heterocycles. The minimum absolute atomic E-state index is 0.0328. The highest BCUT2D eigenvalue weighted by molar-refractivity contribution is 5.75. The van der Waals surface area contributed by atoms with E-state index in [-0.39, 0.29) is 18.1 Å². The van der Waals surface area contributed by atoms with Gasteiger partial charge in [-0.1, -0.05) is 50.6 Å². The van der Waals surface area contributed by atoms with Crippen molar-refractivity contribution in [1.29, 1.82) is 0 Å². The van der Waals surface area contributed by atoms with E-state index in [1.54, 1.807) is 6.20 Å². The minimum atomic E-state index is -0.222. The van der Waals surface area contributed by atoms with Crippen LogP contribution < -0.4 is 10.6 Å². The number of benzene rings is 1. The molecule has 0 spiro atoms. The van der Waals surface area contributed by atoms with E-state index in [1.807, 2.05) is 31.2 Å². The average Bonchev–Trinajstić information content (AvgIpc) is 2.41. The molecule has 0 aromatic heterocycles. The Labute approximate surface area is 120 Å². The van der Waals surface area contributed by atoms with Crippen LogP contribution in [0, 0.1) is 5.41 Å². The minimum Gasteiger partial charge on any atom is -0.392 e. The van der Waals surface area contributed by atoms with Crippen molar-refractivity contribution >= 4 is 6.03 Å². The zero-order valence-corrected chi connectivity index (χ0v) is 12.7. The van der Waals surface area contributed by atoms with Crippen LogP contribution in [0.1, 0.15) is 38.8 Å². The van der Waals surface area contributed by atoms with Crippen LogP contribution in [0.15, 0.2) is 36.0 Å². The van der Waals surface area contributed by atoms with Crippen LogP contribution >= 0.6 is 0 Å².